The van der Waals surface area contributed by atoms with Crippen molar-refractivity contribution in [3.05, 3.63) is 77.6 Å². The Morgan fingerprint density at radius 3 is 2.64 bits per heavy atom. The molecule has 0 atom stereocenters. The number of halogens is 3. The molecule has 0 fully saturated rings. The van der Waals surface area contributed by atoms with Crippen LogP contribution in [0.25, 0.3) is 0 Å². The number of nitrogens with zero attached hydrogens (tertiary/aromatic N) is 2. The number of hydrogen-bond donors (Lipinski definition) is 0. The summed E-state index contributed by atoms with van der Waals surface area (Å²) in [6, 6.07) is 9.90. The summed E-state index contributed by atoms with van der Waals surface area (Å²) >= 11 is 0. The summed E-state index contributed by atoms with van der Waals surface area (Å²) in [5.41, 5.74) is -0.281. The maximum atomic E-state index is 12.7. The average molecular weight is 348 g/mol. The van der Waals surface area contributed by atoms with Gasteiger partial charge in [0.25, 0.3) is 5.89 Å². The Morgan fingerprint density at radius 1 is 1.12 bits per heavy atom. The minimum absolute atomic E-state index is 0.0790. The monoisotopic (exact) mass is 348 g/mol. The lowest BCUT2D eigenvalue weighted by molar-refractivity contribution is -0.141. The van der Waals surface area contributed by atoms with Gasteiger partial charge in [0.15, 0.2) is 0 Å². The molecule has 0 aliphatic heterocycles. The Morgan fingerprint density at radius 2 is 1.92 bits per heavy atom. The molecule has 0 unspecified atom stereocenters. The highest BCUT2D eigenvalue weighted by Crippen LogP contribution is 2.28. The highest BCUT2D eigenvalue weighted by Gasteiger charge is 2.32. The van der Waals surface area contributed by atoms with Gasteiger partial charge >= 0.3 is 6.18 Å². The largest absolute Gasteiger partial charge is 0.473 e. The molecule has 128 valence electrons. The second kappa shape index (κ2) is 6.76. The maximum Gasteiger partial charge on any atom is 0.433 e. The molecule has 1 aromatic carbocycles. The standard InChI is InChI=1S/C17H11F3N2O3/c18-17(19,20)13-6-3-7-14(22-13)25-10-11-4-1-2-5-12(11)15(23)16-21-8-9-24-16/h1-9H,10H2. The van der Waals surface area contributed by atoms with E-state index >= 15 is 0 Å². The van der Waals surface area contributed by atoms with Crippen LogP contribution in [0.1, 0.15) is 27.5 Å². The van der Waals surface area contributed by atoms with Gasteiger partial charge < -0.3 is 9.15 Å². The Balaban J connectivity index is 1.80. The number of carbonyl (C=O) groups excluding carboxylic acids is 1. The molecule has 3 aromatic rings. The van der Waals surface area contributed by atoms with Crippen LogP contribution in [0.3, 0.4) is 0 Å². The summed E-state index contributed by atoms with van der Waals surface area (Å²) in [4.78, 5) is 19.6. The van der Waals surface area contributed by atoms with Gasteiger partial charge in [0.05, 0.1) is 6.20 Å². The van der Waals surface area contributed by atoms with E-state index in [4.69, 9.17) is 9.15 Å². The minimum Gasteiger partial charge on any atom is -0.473 e. The highest BCUT2D eigenvalue weighted by atomic mass is 19.4. The molecular weight excluding hydrogens is 337 g/mol. The lowest BCUT2D eigenvalue weighted by Gasteiger charge is -2.11. The smallest absolute Gasteiger partial charge is 0.433 e. The molecular formula is C17H11F3N2O3. The number of oxazole rings is 1. The van der Waals surface area contributed by atoms with Gasteiger partial charge in [-0.15, -0.1) is 0 Å². The summed E-state index contributed by atoms with van der Waals surface area (Å²) in [5.74, 6) is -0.709. The van der Waals surface area contributed by atoms with Crippen molar-refractivity contribution in [2.45, 2.75) is 12.8 Å². The minimum atomic E-state index is -4.56. The first kappa shape index (κ1) is 16.7. The number of hydrogen-bond acceptors (Lipinski definition) is 5. The van der Waals surface area contributed by atoms with Crippen LogP contribution in [0.4, 0.5) is 13.2 Å². The topological polar surface area (TPSA) is 65.2 Å². The first-order valence-corrected chi connectivity index (χ1v) is 7.14. The third-order valence-electron chi connectivity index (χ3n) is 3.28. The SMILES string of the molecule is O=C(c1ncco1)c1ccccc1COc1cccc(C(F)(F)F)n1. The maximum absolute atomic E-state index is 12.7. The molecule has 8 heteroatoms. The molecule has 5 nitrogen and oxygen atoms in total. The number of benzene rings is 1. The van der Waals surface area contributed by atoms with Crippen molar-refractivity contribution in [1.82, 2.24) is 9.97 Å². The molecule has 2 heterocycles. The van der Waals surface area contributed by atoms with Gasteiger partial charge in [0, 0.05) is 17.2 Å². The average Bonchev–Trinajstić information content (AvgIpc) is 3.14. The lowest BCUT2D eigenvalue weighted by atomic mass is 10.0. The van der Waals surface area contributed by atoms with Gasteiger partial charge in [-0.1, -0.05) is 30.3 Å². The molecule has 0 radical (unpaired) electrons. The van der Waals surface area contributed by atoms with Crippen molar-refractivity contribution in [3.63, 3.8) is 0 Å². The fourth-order valence-corrected chi connectivity index (χ4v) is 2.12. The summed E-state index contributed by atoms with van der Waals surface area (Å²) in [6.45, 7) is -0.128. The van der Waals surface area contributed by atoms with Crippen molar-refractivity contribution < 1.29 is 27.1 Å². The zero-order chi connectivity index (χ0) is 17.9. The Hall–Kier alpha value is -3.16. The van der Waals surface area contributed by atoms with E-state index in [1.165, 1.54) is 24.6 Å². The summed E-state index contributed by atoms with van der Waals surface area (Å²) in [5, 5.41) is 0. The molecule has 0 saturated carbocycles. The number of rotatable bonds is 5. The highest BCUT2D eigenvalue weighted by molar-refractivity contribution is 6.06. The van der Waals surface area contributed by atoms with Gasteiger partial charge in [0.2, 0.25) is 11.7 Å². The molecule has 0 aliphatic rings. The lowest BCUT2D eigenvalue weighted by Crippen LogP contribution is -2.10. The second-order valence-corrected chi connectivity index (χ2v) is 4.97. The van der Waals surface area contributed by atoms with E-state index < -0.39 is 17.7 Å². The van der Waals surface area contributed by atoms with E-state index in [2.05, 4.69) is 9.97 Å². The molecule has 25 heavy (non-hydrogen) atoms. The fraction of sp³-hybridized carbons (Fsp3) is 0.118. The van der Waals surface area contributed by atoms with Crippen molar-refractivity contribution in [3.8, 4) is 5.88 Å². The molecule has 0 amide bonds. The quantitative estimate of drug-likeness (QED) is 0.654. The molecule has 2 aromatic heterocycles. The van der Waals surface area contributed by atoms with Crippen molar-refractivity contribution in [2.75, 3.05) is 0 Å². The normalized spacial score (nSPS) is 11.3. The van der Waals surface area contributed by atoms with E-state index in [-0.39, 0.29) is 23.9 Å². The third kappa shape index (κ3) is 3.85. The van der Waals surface area contributed by atoms with Crippen LogP contribution in [0.5, 0.6) is 5.88 Å². The van der Waals surface area contributed by atoms with E-state index in [1.807, 2.05) is 0 Å². The van der Waals surface area contributed by atoms with Gasteiger partial charge in [0.1, 0.15) is 18.6 Å². The first-order valence-electron chi connectivity index (χ1n) is 7.14. The van der Waals surface area contributed by atoms with Crippen molar-refractivity contribution in [2.24, 2.45) is 0 Å². The predicted molar refractivity (Wildman–Crippen MR) is 79.9 cm³/mol. The van der Waals surface area contributed by atoms with Crippen LogP contribution in [-0.4, -0.2) is 15.8 Å². The summed E-state index contributed by atoms with van der Waals surface area (Å²) in [6.07, 6.45) is -1.93. The molecule has 0 spiro atoms. The Labute approximate surface area is 140 Å². The van der Waals surface area contributed by atoms with E-state index in [0.717, 1.165) is 6.07 Å². The first-order chi connectivity index (χ1) is 11.9. The molecule has 0 bridgehead atoms. The van der Waals surface area contributed by atoms with Gasteiger partial charge in [-0.3, -0.25) is 4.79 Å². The number of carbonyl (C=O) groups is 1. The Bertz CT molecular complexity index is 877. The van der Waals surface area contributed by atoms with Crippen LogP contribution >= 0.6 is 0 Å². The van der Waals surface area contributed by atoms with Crippen molar-refractivity contribution >= 4 is 5.78 Å². The van der Waals surface area contributed by atoms with Gasteiger partial charge in [-0.05, 0) is 6.07 Å². The zero-order valence-electron chi connectivity index (χ0n) is 12.7. The number of ether oxygens (including phenoxy) is 1. The van der Waals surface area contributed by atoms with Gasteiger partial charge in [-0.25, -0.2) is 9.97 Å². The van der Waals surface area contributed by atoms with E-state index in [1.54, 1.807) is 24.3 Å². The molecule has 3 rings (SSSR count). The molecule has 0 aliphatic carbocycles. The van der Waals surface area contributed by atoms with E-state index in [0.29, 0.717) is 5.56 Å². The number of pyridine rings is 1. The Kier molecular flexibility index (Phi) is 4.51. The summed E-state index contributed by atoms with van der Waals surface area (Å²) < 4.78 is 48.3. The second-order valence-electron chi connectivity index (χ2n) is 4.97. The fourth-order valence-electron chi connectivity index (χ4n) is 2.12. The van der Waals surface area contributed by atoms with Crippen LogP contribution < -0.4 is 4.74 Å². The number of alkyl halides is 3. The van der Waals surface area contributed by atoms with Crippen molar-refractivity contribution in [1.29, 1.82) is 0 Å². The third-order valence-corrected chi connectivity index (χ3v) is 3.28. The predicted octanol–water partition coefficient (Wildman–Crippen LogP) is 3.90. The van der Waals surface area contributed by atoms with Crippen LogP contribution in [0, 0.1) is 0 Å². The van der Waals surface area contributed by atoms with Crippen LogP contribution in [-0.2, 0) is 12.8 Å². The number of aromatic nitrogens is 2. The number of ketones is 1. The van der Waals surface area contributed by atoms with Gasteiger partial charge in [-0.2, -0.15) is 13.2 Å². The van der Waals surface area contributed by atoms with E-state index in [9.17, 15) is 18.0 Å². The molecule has 0 N–H and O–H groups in total. The zero-order valence-corrected chi connectivity index (χ0v) is 12.7. The molecule has 0 saturated heterocycles. The van der Waals surface area contributed by atoms with Crippen LogP contribution in [0.15, 0.2) is 59.3 Å². The van der Waals surface area contributed by atoms with Crippen LogP contribution in [0.2, 0.25) is 0 Å². The summed E-state index contributed by atoms with van der Waals surface area (Å²) in [7, 11) is 0.